The van der Waals surface area contributed by atoms with Crippen LogP contribution in [0.1, 0.15) is 43.9 Å². The Kier molecular flexibility index (Phi) is 8.05. The molecule has 27 heavy (non-hydrogen) atoms. The Labute approximate surface area is 170 Å². The quantitative estimate of drug-likeness (QED) is 0.441. The van der Waals surface area contributed by atoms with E-state index in [1.54, 1.807) is 25.6 Å². The Morgan fingerprint density at radius 3 is 2.41 bits per heavy atom. The van der Waals surface area contributed by atoms with E-state index in [4.69, 9.17) is 26.2 Å². The number of hydrogen-bond acceptors (Lipinski definition) is 4. The molecule has 0 aliphatic carbocycles. The SMILES string of the molecule is CC.CCc1c(C(OC)OC)nn(-c2ccc(C)cc2Cl)c1-c1cccs1. The molecule has 2 aromatic heterocycles. The fraction of sp³-hybridized carbons (Fsp3) is 0.381. The first-order valence-electron chi connectivity index (χ1n) is 9.08. The Morgan fingerprint density at radius 1 is 1.19 bits per heavy atom. The molecule has 3 aromatic rings. The van der Waals surface area contributed by atoms with Gasteiger partial charge in [0.05, 0.1) is 21.3 Å². The van der Waals surface area contributed by atoms with Crippen LogP contribution >= 0.6 is 22.9 Å². The molecule has 0 saturated heterocycles. The van der Waals surface area contributed by atoms with Gasteiger partial charge in [0.2, 0.25) is 6.29 Å². The summed E-state index contributed by atoms with van der Waals surface area (Å²) in [6.45, 7) is 8.13. The van der Waals surface area contributed by atoms with E-state index in [-0.39, 0.29) is 0 Å². The van der Waals surface area contributed by atoms with Crippen molar-refractivity contribution in [3.05, 3.63) is 57.6 Å². The highest BCUT2D eigenvalue weighted by molar-refractivity contribution is 7.13. The number of methoxy groups -OCH3 is 2. The van der Waals surface area contributed by atoms with Gasteiger partial charge in [-0.25, -0.2) is 4.68 Å². The van der Waals surface area contributed by atoms with Crippen LogP contribution in [0.15, 0.2) is 35.7 Å². The Morgan fingerprint density at radius 2 is 1.89 bits per heavy atom. The minimum absolute atomic E-state index is 0.515. The zero-order valence-corrected chi connectivity index (χ0v) is 18.3. The molecular formula is C21H27ClN2O2S. The number of rotatable bonds is 6. The second-order valence-corrected chi connectivity index (χ2v) is 7.07. The lowest BCUT2D eigenvalue weighted by molar-refractivity contribution is -0.109. The largest absolute Gasteiger partial charge is 0.350 e. The maximum absolute atomic E-state index is 6.53. The zero-order chi connectivity index (χ0) is 20.0. The fourth-order valence-corrected chi connectivity index (χ4v) is 4.05. The van der Waals surface area contributed by atoms with Gasteiger partial charge < -0.3 is 9.47 Å². The van der Waals surface area contributed by atoms with Crippen LogP contribution in [-0.4, -0.2) is 24.0 Å². The highest BCUT2D eigenvalue weighted by Gasteiger charge is 2.26. The summed E-state index contributed by atoms with van der Waals surface area (Å²) in [6.07, 6.45) is 0.300. The summed E-state index contributed by atoms with van der Waals surface area (Å²) in [7, 11) is 3.24. The van der Waals surface area contributed by atoms with Crippen LogP contribution in [0, 0.1) is 6.92 Å². The molecule has 0 radical (unpaired) electrons. The molecular weight excluding hydrogens is 380 g/mol. The van der Waals surface area contributed by atoms with Crippen molar-refractivity contribution in [2.45, 2.75) is 40.4 Å². The predicted octanol–water partition coefficient (Wildman–Crippen LogP) is 6.44. The van der Waals surface area contributed by atoms with Crippen molar-refractivity contribution in [3.63, 3.8) is 0 Å². The van der Waals surface area contributed by atoms with E-state index in [0.717, 1.165) is 39.5 Å². The van der Waals surface area contributed by atoms with E-state index in [9.17, 15) is 0 Å². The van der Waals surface area contributed by atoms with Crippen molar-refractivity contribution in [1.29, 1.82) is 0 Å². The molecule has 0 spiro atoms. The predicted molar refractivity (Wildman–Crippen MR) is 114 cm³/mol. The maximum Gasteiger partial charge on any atom is 0.202 e. The molecule has 4 nitrogen and oxygen atoms in total. The van der Waals surface area contributed by atoms with E-state index in [1.165, 1.54) is 0 Å². The van der Waals surface area contributed by atoms with E-state index in [2.05, 4.69) is 18.4 Å². The summed E-state index contributed by atoms with van der Waals surface area (Å²) in [6, 6.07) is 10.1. The average molecular weight is 407 g/mol. The first kappa shape index (κ1) is 21.6. The second-order valence-electron chi connectivity index (χ2n) is 5.71. The standard InChI is InChI=1S/C19H21ClN2O2S.C2H6/c1-5-13-17(19(23-3)24-4)21-22(18(13)16-7-6-10-25-16)15-9-8-12(2)11-14(15)20;1-2/h6-11,19H,5H2,1-4H3;1-2H3. The third kappa shape index (κ3) is 4.43. The summed E-state index contributed by atoms with van der Waals surface area (Å²) in [5, 5.41) is 7.56. The number of aromatic nitrogens is 2. The van der Waals surface area contributed by atoms with Gasteiger partial charge >= 0.3 is 0 Å². The molecule has 1 aromatic carbocycles. The highest BCUT2D eigenvalue weighted by atomic mass is 35.5. The lowest BCUT2D eigenvalue weighted by Crippen LogP contribution is -2.07. The summed E-state index contributed by atoms with van der Waals surface area (Å²) in [5.74, 6) is 0. The molecule has 146 valence electrons. The second kappa shape index (κ2) is 10.0. The molecule has 0 atom stereocenters. The van der Waals surface area contributed by atoms with Crippen molar-refractivity contribution in [2.24, 2.45) is 0 Å². The lowest BCUT2D eigenvalue weighted by atomic mass is 10.1. The van der Waals surface area contributed by atoms with Crippen LogP contribution in [0.4, 0.5) is 0 Å². The van der Waals surface area contributed by atoms with Gasteiger partial charge in [-0.15, -0.1) is 11.3 Å². The fourth-order valence-electron chi connectivity index (χ4n) is 2.95. The van der Waals surface area contributed by atoms with Crippen LogP contribution in [-0.2, 0) is 15.9 Å². The maximum atomic E-state index is 6.53. The third-order valence-electron chi connectivity index (χ3n) is 4.11. The van der Waals surface area contributed by atoms with E-state index >= 15 is 0 Å². The molecule has 2 heterocycles. The smallest absolute Gasteiger partial charge is 0.202 e. The van der Waals surface area contributed by atoms with Gasteiger partial charge in [0.15, 0.2) is 0 Å². The number of halogens is 1. The minimum Gasteiger partial charge on any atom is -0.350 e. The molecule has 0 fully saturated rings. The van der Waals surface area contributed by atoms with Crippen LogP contribution in [0.3, 0.4) is 0 Å². The number of nitrogens with zero attached hydrogens (tertiary/aromatic N) is 2. The monoisotopic (exact) mass is 406 g/mol. The number of benzene rings is 1. The van der Waals surface area contributed by atoms with Crippen LogP contribution < -0.4 is 0 Å². The molecule has 0 N–H and O–H groups in total. The molecule has 0 amide bonds. The summed E-state index contributed by atoms with van der Waals surface area (Å²) >= 11 is 8.21. The van der Waals surface area contributed by atoms with Crippen LogP contribution in [0.5, 0.6) is 0 Å². The Bertz CT molecular complexity index is 855. The van der Waals surface area contributed by atoms with Gasteiger partial charge in [0, 0.05) is 19.8 Å². The molecule has 0 bridgehead atoms. The molecule has 0 aliphatic heterocycles. The summed E-state index contributed by atoms with van der Waals surface area (Å²) < 4.78 is 12.9. The van der Waals surface area contributed by atoms with E-state index < -0.39 is 6.29 Å². The van der Waals surface area contributed by atoms with Crippen molar-refractivity contribution in [3.8, 4) is 16.3 Å². The van der Waals surface area contributed by atoms with Gasteiger partial charge in [-0.3, -0.25) is 0 Å². The average Bonchev–Trinajstić information content (AvgIpc) is 3.32. The van der Waals surface area contributed by atoms with E-state index in [1.807, 2.05) is 49.7 Å². The molecule has 0 saturated carbocycles. The van der Waals surface area contributed by atoms with Crippen molar-refractivity contribution in [1.82, 2.24) is 9.78 Å². The van der Waals surface area contributed by atoms with Gasteiger partial charge in [0.25, 0.3) is 0 Å². The topological polar surface area (TPSA) is 36.3 Å². The van der Waals surface area contributed by atoms with Crippen molar-refractivity contribution in [2.75, 3.05) is 14.2 Å². The van der Waals surface area contributed by atoms with E-state index in [0.29, 0.717) is 5.02 Å². The minimum atomic E-state index is -0.515. The molecule has 6 heteroatoms. The number of hydrogen-bond donors (Lipinski definition) is 0. The van der Waals surface area contributed by atoms with Crippen molar-refractivity contribution < 1.29 is 9.47 Å². The Balaban J connectivity index is 0.00000126. The molecule has 3 rings (SSSR count). The first-order chi connectivity index (χ1) is 13.1. The summed E-state index contributed by atoms with van der Waals surface area (Å²) in [5.41, 5.74) is 4.89. The molecule has 0 aliphatic rings. The van der Waals surface area contributed by atoms with Gasteiger partial charge in [-0.05, 0) is 42.5 Å². The highest BCUT2D eigenvalue weighted by Crippen LogP contribution is 2.37. The van der Waals surface area contributed by atoms with Gasteiger partial charge in [0.1, 0.15) is 5.69 Å². The zero-order valence-electron chi connectivity index (χ0n) is 16.7. The Hall–Kier alpha value is -1.66. The van der Waals surface area contributed by atoms with Crippen LogP contribution in [0.2, 0.25) is 5.02 Å². The number of thiophene rings is 1. The third-order valence-corrected chi connectivity index (χ3v) is 5.28. The number of aryl methyl sites for hydroxylation is 1. The normalized spacial score (nSPS) is 10.8. The van der Waals surface area contributed by atoms with Gasteiger partial charge in [-0.1, -0.05) is 44.5 Å². The number of ether oxygens (including phenoxy) is 2. The van der Waals surface area contributed by atoms with Crippen molar-refractivity contribution >= 4 is 22.9 Å². The molecule has 0 unspecified atom stereocenters. The van der Waals surface area contributed by atoms with Crippen LogP contribution in [0.25, 0.3) is 16.3 Å². The summed E-state index contributed by atoms with van der Waals surface area (Å²) in [4.78, 5) is 1.14. The lowest BCUT2D eigenvalue weighted by Gasteiger charge is -2.12. The van der Waals surface area contributed by atoms with Gasteiger partial charge in [-0.2, -0.15) is 5.10 Å². The first-order valence-corrected chi connectivity index (χ1v) is 10.3.